The summed E-state index contributed by atoms with van der Waals surface area (Å²) in [6, 6.07) is 3.07. The summed E-state index contributed by atoms with van der Waals surface area (Å²) in [5.41, 5.74) is 4.71. The zero-order valence-corrected chi connectivity index (χ0v) is 10.7. The number of rotatable bonds is 5. The minimum Gasteiger partial charge on any atom is -0.479 e. The van der Waals surface area contributed by atoms with Gasteiger partial charge in [0.05, 0.1) is 5.56 Å². The summed E-state index contributed by atoms with van der Waals surface area (Å²) < 4.78 is 27.8. The number of aromatic carboxylic acids is 1. The molecule has 104 valence electrons. The number of primary sulfonamides is 1. The van der Waals surface area contributed by atoms with E-state index < -0.39 is 32.9 Å². The Hall–Kier alpha value is -2.13. The van der Waals surface area contributed by atoms with Gasteiger partial charge in [-0.1, -0.05) is 0 Å². The van der Waals surface area contributed by atoms with Gasteiger partial charge >= 0.3 is 5.97 Å². The second kappa shape index (κ2) is 5.24. The van der Waals surface area contributed by atoms with E-state index in [1.165, 1.54) is 6.92 Å². The van der Waals surface area contributed by atoms with Crippen LogP contribution in [0.5, 0.6) is 5.75 Å². The molecule has 0 aromatic heterocycles. The maximum atomic E-state index is 11.4. The van der Waals surface area contributed by atoms with Crippen molar-refractivity contribution in [2.45, 2.75) is 17.9 Å². The monoisotopic (exact) mass is 288 g/mol. The van der Waals surface area contributed by atoms with Crippen LogP contribution in [0.3, 0.4) is 0 Å². The SMILES string of the molecule is CC(Oc1ccc(C(=O)O)cc1S(N)(=O)=O)C(N)=O. The highest BCUT2D eigenvalue weighted by Gasteiger charge is 2.21. The van der Waals surface area contributed by atoms with Gasteiger partial charge in [-0.05, 0) is 25.1 Å². The van der Waals surface area contributed by atoms with Crippen LogP contribution in [-0.4, -0.2) is 31.5 Å². The predicted molar refractivity (Wildman–Crippen MR) is 64.1 cm³/mol. The molecule has 0 aliphatic heterocycles. The summed E-state index contributed by atoms with van der Waals surface area (Å²) in [5.74, 6) is -2.36. The van der Waals surface area contributed by atoms with Crippen molar-refractivity contribution >= 4 is 21.9 Å². The fourth-order valence-corrected chi connectivity index (χ4v) is 1.90. The van der Waals surface area contributed by atoms with Crippen molar-refractivity contribution in [2.75, 3.05) is 0 Å². The summed E-state index contributed by atoms with van der Waals surface area (Å²) in [6.07, 6.45) is -1.09. The van der Waals surface area contributed by atoms with E-state index in [0.29, 0.717) is 0 Å². The minimum atomic E-state index is -4.20. The zero-order chi connectivity index (χ0) is 14.8. The number of hydrogen-bond acceptors (Lipinski definition) is 5. The number of nitrogens with two attached hydrogens (primary N) is 2. The molecule has 0 heterocycles. The lowest BCUT2D eigenvalue weighted by Crippen LogP contribution is -2.31. The van der Waals surface area contributed by atoms with Crippen LogP contribution in [0.4, 0.5) is 0 Å². The lowest BCUT2D eigenvalue weighted by molar-refractivity contribution is -0.124. The molecule has 0 spiro atoms. The molecule has 0 saturated carbocycles. The molecule has 1 aromatic rings. The van der Waals surface area contributed by atoms with Gasteiger partial charge in [-0.15, -0.1) is 0 Å². The average molecular weight is 288 g/mol. The Kier molecular flexibility index (Phi) is 4.12. The normalized spacial score (nSPS) is 12.7. The van der Waals surface area contributed by atoms with E-state index in [-0.39, 0.29) is 11.3 Å². The first-order valence-electron chi connectivity index (χ1n) is 4.99. The molecule has 1 amide bonds. The molecule has 0 fully saturated rings. The van der Waals surface area contributed by atoms with Crippen LogP contribution in [0.2, 0.25) is 0 Å². The molecule has 5 N–H and O–H groups in total. The second-order valence-corrected chi connectivity index (χ2v) is 5.20. The summed E-state index contributed by atoms with van der Waals surface area (Å²) in [6.45, 7) is 1.32. The van der Waals surface area contributed by atoms with Crippen molar-refractivity contribution in [1.29, 1.82) is 0 Å². The Morgan fingerprint density at radius 1 is 1.37 bits per heavy atom. The van der Waals surface area contributed by atoms with E-state index in [4.69, 9.17) is 20.7 Å². The van der Waals surface area contributed by atoms with Crippen molar-refractivity contribution in [1.82, 2.24) is 0 Å². The molecule has 0 bridgehead atoms. The fraction of sp³-hybridized carbons (Fsp3) is 0.200. The van der Waals surface area contributed by atoms with Crippen LogP contribution in [0, 0.1) is 0 Å². The molecule has 19 heavy (non-hydrogen) atoms. The minimum absolute atomic E-state index is 0.237. The van der Waals surface area contributed by atoms with E-state index in [1.807, 2.05) is 0 Å². The van der Waals surface area contributed by atoms with E-state index in [1.54, 1.807) is 0 Å². The summed E-state index contributed by atoms with van der Waals surface area (Å²) >= 11 is 0. The Bertz CT molecular complexity index is 625. The summed E-state index contributed by atoms with van der Waals surface area (Å²) in [5, 5.41) is 13.7. The fourth-order valence-electron chi connectivity index (χ4n) is 1.21. The standard InChI is InChI=1S/C10H12N2O6S/c1-5(9(11)13)18-7-3-2-6(10(14)15)4-8(7)19(12,16)17/h2-5H,1H3,(H2,11,13)(H,14,15)(H2,12,16,17). The van der Waals surface area contributed by atoms with E-state index in [2.05, 4.69) is 0 Å². The van der Waals surface area contributed by atoms with Crippen LogP contribution < -0.4 is 15.6 Å². The molecule has 0 saturated heterocycles. The van der Waals surface area contributed by atoms with E-state index in [9.17, 15) is 18.0 Å². The number of ether oxygens (including phenoxy) is 1. The number of carbonyl (C=O) groups is 2. The molecule has 1 atom stereocenters. The number of benzene rings is 1. The molecule has 0 aliphatic carbocycles. The van der Waals surface area contributed by atoms with Gasteiger partial charge in [0.1, 0.15) is 10.6 Å². The van der Waals surface area contributed by atoms with Gasteiger partial charge in [0, 0.05) is 0 Å². The third kappa shape index (κ3) is 3.66. The lowest BCUT2D eigenvalue weighted by Gasteiger charge is -2.14. The highest BCUT2D eigenvalue weighted by Crippen LogP contribution is 2.25. The Morgan fingerprint density at radius 2 is 1.95 bits per heavy atom. The molecule has 0 aliphatic rings. The topological polar surface area (TPSA) is 150 Å². The molecule has 1 aromatic carbocycles. The number of sulfonamides is 1. The first-order chi connectivity index (χ1) is 8.62. The molecule has 8 nitrogen and oxygen atoms in total. The van der Waals surface area contributed by atoms with Crippen molar-refractivity contribution in [2.24, 2.45) is 10.9 Å². The summed E-state index contributed by atoms with van der Waals surface area (Å²) in [7, 11) is -4.20. The molecule has 9 heteroatoms. The first-order valence-corrected chi connectivity index (χ1v) is 6.53. The van der Waals surface area contributed by atoms with Crippen molar-refractivity contribution in [3.05, 3.63) is 23.8 Å². The lowest BCUT2D eigenvalue weighted by atomic mass is 10.2. The number of carboxylic acids is 1. The van der Waals surface area contributed by atoms with E-state index >= 15 is 0 Å². The van der Waals surface area contributed by atoms with Crippen molar-refractivity contribution < 1.29 is 27.9 Å². The van der Waals surface area contributed by atoms with E-state index in [0.717, 1.165) is 18.2 Å². The number of hydrogen-bond donors (Lipinski definition) is 3. The van der Waals surface area contributed by atoms with Gasteiger partial charge in [-0.25, -0.2) is 18.4 Å². The smallest absolute Gasteiger partial charge is 0.335 e. The van der Waals surface area contributed by atoms with Gasteiger partial charge < -0.3 is 15.6 Å². The number of carboxylic acid groups (broad SMARTS) is 1. The molecular weight excluding hydrogens is 276 g/mol. The van der Waals surface area contributed by atoms with Gasteiger partial charge in [-0.3, -0.25) is 4.79 Å². The quantitative estimate of drug-likeness (QED) is 0.651. The van der Waals surface area contributed by atoms with Crippen LogP contribution in [0.25, 0.3) is 0 Å². The van der Waals surface area contributed by atoms with Gasteiger partial charge in [0.2, 0.25) is 10.0 Å². The number of primary amides is 1. The van der Waals surface area contributed by atoms with Crippen molar-refractivity contribution in [3.63, 3.8) is 0 Å². The Morgan fingerprint density at radius 3 is 2.37 bits per heavy atom. The average Bonchev–Trinajstić information content (AvgIpc) is 2.27. The Balaban J connectivity index is 3.32. The third-order valence-corrected chi connectivity index (χ3v) is 3.13. The highest BCUT2D eigenvalue weighted by molar-refractivity contribution is 7.89. The Labute approximate surface area is 109 Å². The maximum Gasteiger partial charge on any atom is 0.335 e. The van der Waals surface area contributed by atoms with Crippen LogP contribution in [0.1, 0.15) is 17.3 Å². The number of amides is 1. The largest absolute Gasteiger partial charge is 0.479 e. The van der Waals surface area contributed by atoms with Crippen LogP contribution in [0.15, 0.2) is 23.1 Å². The van der Waals surface area contributed by atoms with Crippen molar-refractivity contribution in [3.8, 4) is 5.75 Å². The van der Waals surface area contributed by atoms with Crippen LogP contribution in [-0.2, 0) is 14.8 Å². The number of carbonyl (C=O) groups excluding carboxylic acids is 1. The highest BCUT2D eigenvalue weighted by atomic mass is 32.2. The molecule has 1 rings (SSSR count). The maximum absolute atomic E-state index is 11.4. The first kappa shape index (κ1) is 14.9. The third-order valence-electron chi connectivity index (χ3n) is 2.20. The predicted octanol–water partition coefficient (Wildman–Crippen LogP) is -0.715. The van der Waals surface area contributed by atoms with Gasteiger partial charge in [0.25, 0.3) is 5.91 Å². The molecule has 0 radical (unpaired) electrons. The second-order valence-electron chi connectivity index (χ2n) is 3.67. The van der Waals surface area contributed by atoms with Gasteiger partial charge in [0.15, 0.2) is 6.10 Å². The van der Waals surface area contributed by atoms with Crippen LogP contribution >= 0.6 is 0 Å². The van der Waals surface area contributed by atoms with Gasteiger partial charge in [-0.2, -0.15) is 0 Å². The molecule has 1 unspecified atom stereocenters. The zero-order valence-electron chi connectivity index (χ0n) is 9.86. The molecular formula is C10H12N2O6S. The summed E-state index contributed by atoms with van der Waals surface area (Å²) in [4.78, 5) is 21.1.